The van der Waals surface area contributed by atoms with Crippen LogP contribution >= 0.6 is 0 Å². The summed E-state index contributed by atoms with van der Waals surface area (Å²) >= 11 is 0. The number of ether oxygens (including phenoxy) is 2. The maximum Gasteiger partial charge on any atom is 0.303 e. The van der Waals surface area contributed by atoms with Gasteiger partial charge in [0.15, 0.2) is 6.29 Å². The highest BCUT2D eigenvalue weighted by molar-refractivity contribution is 5.80. The van der Waals surface area contributed by atoms with E-state index in [1.54, 1.807) is 0 Å². The lowest BCUT2D eigenvalue weighted by Crippen LogP contribution is -2.44. The molecule has 5 unspecified atom stereocenters. The highest BCUT2D eigenvalue weighted by Crippen LogP contribution is 2.42. The number of hydrogen-bond donors (Lipinski definition) is 4. The van der Waals surface area contributed by atoms with Gasteiger partial charge in [-0.15, -0.1) is 0 Å². The van der Waals surface area contributed by atoms with Crippen LogP contribution in [0.2, 0.25) is 0 Å². The zero-order valence-electron chi connectivity index (χ0n) is 24.4. The summed E-state index contributed by atoms with van der Waals surface area (Å²) in [6.07, 6.45) is -0.739. The number of amides is 1. The van der Waals surface area contributed by atoms with E-state index in [1.807, 2.05) is 66.7 Å². The summed E-state index contributed by atoms with van der Waals surface area (Å²) in [7, 11) is 0. The SMILES string of the molecule is CC1C(CN2CCC(O)C2)OC(c2cccc(-c3cccc(CNC(=O)CCC(=O)O)c3)c2)OC1c1ccc(CO)cc1. The number of aliphatic hydroxyl groups is 2. The maximum absolute atomic E-state index is 12.0. The summed E-state index contributed by atoms with van der Waals surface area (Å²) in [6.45, 7) is 4.60. The number of carboxylic acids is 1. The van der Waals surface area contributed by atoms with Gasteiger partial charge in [-0.25, -0.2) is 0 Å². The summed E-state index contributed by atoms with van der Waals surface area (Å²) in [5.41, 5.74) is 5.62. The summed E-state index contributed by atoms with van der Waals surface area (Å²) in [6, 6.07) is 23.8. The second-order valence-corrected chi connectivity index (χ2v) is 11.5. The molecule has 2 heterocycles. The number of nitrogens with one attached hydrogen (secondary N) is 1. The number of aliphatic hydroxyl groups excluding tert-OH is 2. The Bertz CT molecular complexity index is 1400. The molecule has 0 saturated carbocycles. The molecule has 2 aliphatic heterocycles. The lowest BCUT2D eigenvalue weighted by Gasteiger charge is -2.42. The van der Waals surface area contributed by atoms with Crippen molar-refractivity contribution in [3.05, 3.63) is 95.1 Å². The number of carbonyl (C=O) groups is 2. The molecule has 2 aliphatic rings. The van der Waals surface area contributed by atoms with Crippen molar-refractivity contribution in [1.82, 2.24) is 10.2 Å². The molecule has 1 amide bonds. The molecular formula is C34H40N2O7. The maximum atomic E-state index is 12.0. The van der Waals surface area contributed by atoms with E-state index in [2.05, 4.69) is 23.2 Å². The minimum Gasteiger partial charge on any atom is -0.481 e. The minimum absolute atomic E-state index is 0.0158. The van der Waals surface area contributed by atoms with Crippen LogP contribution in [0.4, 0.5) is 0 Å². The number of nitrogens with zero attached hydrogens (tertiary/aromatic N) is 1. The van der Waals surface area contributed by atoms with Gasteiger partial charge in [-0.2, -0.15) is 0 Å². The summed E-state index contributed by atoms with van der Waals surface area (Å²) in [4.78, 5) is 25.0. The van der Waals surface area contributed by atoms with Gasteiger partial charge in [0, 0.05) is 44.1 Å². The third-order valence-corrected chi connectivity index (χ3v) is 8.28. The fourth-order valence-electron chi connectivity index (χ4n) is 5.80. The highest BCUT2D eigenvalue weighted by atomic mass is 16.7. The third kappa shape index (κ3) is 8.07. The average Bonchev–Trinajstić information content (AvgIpc) is 3.44. The monoisotopic (exact) mass is 588 g/mol. The van der Waals surface area contributed by atoms with Crippen molar-refractivity contribution in [1.29, 1.82) is 0 Å². The molecule has 5 atom stereocenters. The zero-order valence-corrected chi connectivity index (χ0v) is 24.4. The third-order valence-electron chi connectivity index (χ3n) is 8.28. The minimum atomic E-state index is -0.996. The predicted octanol–water partition coefficient (Wildman–Crippen LogP) is 4.18. The molecule has 2 fully saturated rings. The van der Waals surface area contributed by atoms with E-state index in [-0.39, 0.29) is 49.6 Å². The van der Waals surface area contributed by atoms with Gasteiger partial charge in [0.2, 0.25) is 5.91 Å². The first kappa shape index (κ1) is 30.8. The Kier molecular flexibility index (Phi) is 10.2. The number of benzene rings is 3. The van der Waals surface area contributed by atoms with Crippen LogP contribution in [0.15, 0.2) is 72.8 Å². The summed E-state index contributed by atoms with van der Waals surface area (Å²) < 4.78 is 13.3. The molecule has 3 aromatic rings. The van der Waals surface area contributed by atoms with Crippen LogP contribution in [0.5, 0.6) is 0 Å². The van der Waals surface area contributed by atoms with Crippen LogP contribution < -0.4 is 5.32 Å². The fraction of sp³-hybridized carbons (Fsp3) is 0.412. The van der Waals surface area contributed by atoms with Crippen LogP contribution in [0.25, 0.3) is 11.1 Å². The molecule has 0 aliphatic carbocycles. The Labute approximate surface area is 252 Å². The average molecular weight is 589 g/mol. The molecule has 9 heteroatoms. The van der Waals surface area contributed by atoms with Crippen molar-refractivity contribution in [3.63, 3.8) is 0 Å². The van der Waals surface area contributed by atoms with Gasteiger partial charge in [-0.05, 0) is 46.4 Å². The van der Waals surface area contributed by atoms with Crippen LogP contribution in [0.3, 0.4) is 0 Å². The highest BCUT2D eigenvalue weighted by Gasteiger charge is 2.40. The summed E-state index contributed by atoms with van der Waals surface area (Å²) in [5, 5.41) is 31.2. The van der Waals surface area contributed by atoms with Crippen molar-refractivity contribution in [2.75, 3.05) is 19.6 Å². The topological polar surface area (TPSA) is 129 Å². The number of β-amino-alcohol motifs (C(OH)–C–C–N with tert-alkyl or cyclic N) is 1. The van der Waals surface area contributed by atoms with Gasteiger partial charge in [0.1, 0.15) is 0 Å². The summed E-state index contributed by atoms with van der Waals surface area (Å²) in [5.74, 6) is -1.24. The molecule has 0 spiro atoms. The zero-order chi connectivity index (χ0) is 30.3. The first-order valence-corrected chi connectivity index (χ1v) is 14.9. The normalized spacial score (nSPS) is 24.1. The van der Waals surface area contributed by atoms with Crippen LogP contribution in [0, 0.1) is 5.92 Å². The number of carboxylic acid groups (broad SMARTS) is 1. The first-order chi connectivity index (χ1) is 20.8. The van der Waals surface area contributed by atoms with Crippen molar-refractivity contribution in [2.45, 2.75) is 63.9 Å². The Balaban J connectivity index is 1.35. The molecule has 0 bridgehead atoms. The van der Waals surface area contributed by atoms with E-state index >= 15 is 0 Å². The second-order valence-electron chi connectivity index (χ2n) is 11.5. The Morgan fingerprint density at radius 2 is 1.67 bits per heavy atom. The van der Waals surface area contributed by atoms with Crippen molar-refractivity contribution in [2.24, 2.45) is 5.92 Å². The number of hydrogen-bond acceptors (Lipinski definition) is 7. The van der Waals surface area contributed by atoms with Crippen LogP contribution in [0.1, 0.15) is 60.8 Å². The van der Waals surface area contributed by atoms with E-state index in [0.29, 0.717) is 19.6 Å². The quantitative estimate of drug-likeness (QED) is 0.263. The molecule has 43 heavy (non-hydrogen) atoms. The van der Waals surface area contributed by atoms with Crippen LogP contribution in [-0.4, -0.2) is 63.9 Å². The Morgan fingerprint density at radius 1 is 0.930 bits per heavy atom. The number of rotatable bonds is 11. The molecular weight excluding hydrogens is 548 g/mol. The molecule has 0 aromatic heterocycles. The van der Waals surface area contributed by atoms with Gasteiger partial charge in [-0.1, -0.05) is 67.6 Å². The van der Waals surface area contributed by atoms with Crippen molar-refractivity contribution >= 4 is 11.9 Å². The molecule has 0 radical (unpaired) electrons. The van der Waals surface area contributed by atoms with E-state index in [9.17, 15) is 19.8 Å². The van der Waals surface area contributed by atoms with E-state index in [1.165, 1.54) is 0 Å². The lowest BCUT2D eigenvalue weighted by molar-refractivity contribution is -0.276. The van der Waals surface area contributed by atoms with E-state index < -0.39 is 12.3 Å². The number of carbonyl (C=O) groups excluding carboxylic acids is 1. The van der Waals surface area contributed by atoms with Gasteiger partial charge < -0.3 is 30.1 Å². The fourth-order valence-corrected chi connectivity index (χ4v) is 5.80. The predicted molar refractivity (Wildman–Crippen MR) is 161 cm³/mol. The van der Waals surface area contributed by atoms with Crippen molar-refractivity contribution < 1.29 is 34.4 Å². The van der Waals surface area contributed by atoms with Gasteiger partial charge in [-0.3, -0.25) is 14.5 Å². The molecule has 228 valence electrons. The standard InChI is InChI=1S/C34H40N2O7/c1-22-30(20-36-15-14-29(38)19-36)42-34(43-33(22)25-10-8-23(21-37)9-11-25)28-7-3-6-27(17-28)26-5-2-4-24(16-26)18-35-31(39)12-13-32(40)41/h2-11,16-17,22,29-30,33-34,37-38H,12-15,18-21H2,1H3,(H,35,39)(H,40,41). The smallest absolute Gasteiger partial charge is 0.303 e. The molecule has 5 rings (SSSR count). The largest absolute Gasteiger partial charge is 0.481 e. The molecule has 9 nitrogen and oxygen atoms in total. The molecule has 3 aromatic carbocycles. The number of aliphatic carboxylic acids is 1. The van der Waals surface area contributed by atoms with Gasteiger partial charge >= 0.3 is 5.97 Å². The van der Waals surface area contributed by atoms with Crippen LogP contribution in [-0.2, 0) is 32.2 Å². The second kappa shape index (κ2) is 14.2. The number of likely N-dealkylation sites (tertiary alicyclic amines) is 1. The van der Waals surface area contributed by atoms with E-state index in [4.69, 9.17) is 14.6 Å². The first-order valence-electron chi connectivity index (χ1n) is 14.9. The molecule has 2 saturated heterocycles. The van der Waals surface area contributed by atoms with Gasteiger partial charge in [0.25, 0.3) is 0 Å². The van der Waals surface area contributed by atoms with Crippen molar-refractivity contribution in [3.8, 4) is 11.1 Å². The lowest BCUT2D eigenvalue weighted by atomic mass is 9.90. The Hall–Kier alpha value is -3.60. The van der Waals surface area contributed by atoms with E-state index in [0.717, 1.165) is 46.3 Å². The molecule has 4 N–H and O–H groups in total. The van der Waals surface area contributed by atoms with Gasteiger partial charge in [0.05, 0.1) is 31.3 Å². The Morgan fingerprint density at radius 3 is 2.37 bits per heavy atom.